The van der Waals surface area contributed by atoms with Crippen LogP contribution in [0.15, 0.2) is 4.99 Å². The van der Waals surface area contributed by atoms with Gasteiger partial charge in [-0.2, -0.15) is 4.99 Å². The van der Waals surface area contributed by atoms with Crippen molar-refractivity contribution in [2.45, 2.75) is 57.9 Å². The van der Waals surface area contributed by atoms with Gasteiger partial charge in [-0.3, -0.25) is 9.59 Å². The van der Waals surface area contributed by atoms with Gasteiger partial charge in [0.25, 0.3) is 0 Å². The Bertz CT molecular complexity index is 815. The fraction of sp³-hybridized carbons (Fsp3) is 0.632. The normalized spacial score (nSPS) is 19.2. The Morgan fingerprint density at radius 2 is 1.90 bits per heavy atom. The van der Waals surface area contributed by atoms with E-state index in [2.05, 4.69) is 32.5 Å². The number of nitrogens with zero attached hydrogens (tertiary/aromatic N) is 4. The summed E-state index contributed by atoms with van der Waals surface area (Å²) in [5.74, 6) is 0.210. The molecule has 6 N–H and O–H groups in total. The summed E-state index contributed by atoms with van der Waals surface area (Å²) in [5, 5.41) is 6.48. The zero-order chi connectivity index (χ0) is 21.0. The molecule has 0 aliphatic carbocycles. The van der Waals surface area contributed by atoms with Gasteiger partial charge < -0.3 is 27.0 Å². The summed E-state index contributed by atoms with van der Waals surface area (Å²) in [6.45, 7) is 5.85. The van der Waals surface area contributed by atoms with Crippen molar-refractivity contribution in [3.8, 4) is 0 Å². The van der Waals surface area contributed by atoms with Crippen molar-refractivity contribution in [2.75, 3.05) is 31.1 Å². The first-order valence-electron chi connectivity index (χ1n) is 10.2. The standard InChI is InChI=1S/C19H30N8O2/c1-3-4-5-6-13(28)27-9-7-19(8-10-27)11-22-18(26-19)25-17(29)14-16(21)24-15(20)12(2)23-14/h3-11H2,1-2H3,(H4,20,21,24)(H2,22,25,26,29). The number of hydrogen-bond donors (Lipinski definition) is 4. The molecule has 0 saturated carbocycles. The van der Waals surface area contributed by atoms with Gasteiger partial charge in [-0.05, 0) is 26.2 Å². The van der Waals surface area contributed by atoms with Crippen molar-refractivity contribution in [1.29, 1.82) is 0 Å². The lowest BCUT2D eigenvalue weighted by atomic mass is 9.88. The molecular formula is C19H30N8O2. The number of carbonyl (C=O) groups is 2. The highest BCUT2D eigenvalue weighted by Crippen LogP contribution is 2.25. The van der Waals surface area contributed by atoms with Gasteiger partial charge in [-0.1, -0.05) is 19.8 Å². The number of guanidine groups is 1. The third-order valence-electron chi connectivity index (χ3n) is 5.59. The SMILES string of the molecule is CCCCCC(=O)N1CCC2(CC1)CN/C(=N\C(=O)c1nc(C)c(N)nc1N)N2. The minimum atomic E-state index is -0.575. The molecule has 3 heterocycles. The van der Waals surface area contributed by atoms with E-state index in [1.165, 1.54) is 0 Å². The molecule has 0 bridgehead atoms. The lowest BCUT2D eigenvalue weighted by molar-refractivity contribution is -0.132. The van der Waals surface area contributed by atoms with Crippen LogP contribution in [0.4, 0.5) is 11.6 Å². The molecule has 1 aromatic heterocycles. The highest BCUT2D eigenvalue weighted by atomic mass is 16.2. The Morgan fingerprint density at radius 1 is 1.17 bits per heavy atom. The number of aryl methyl sites for hydroxylation is 1. The van der Waals surface area contributed by atoms with Crippen molar-refractivity contribution in [2.24, 2.45) is 4.99 Å². The van der Waals surface area contributed by atoms with E-state index in [0.29, 0.717) is 37.7 Å². The molecule has 2 fully saturated rings. The number of aliphatic imine (C=N–C) groups is 1. The number of amides is 2. The first-order valence-corrected chi connectivity index (χ1v) is 10.2. The molecule has 0 unspecified atom stereocenters. The second kappa shape index (κ2) is 8.62. The van der Waals surface area contributed by atoms with E-state index in [9.17, 15) is 9.59 Å². The predicted octanol–water partition coefficient (Wildman–Crippen LogP) is 0.580. The molecule has 1 aromatic rings. The zero-order valence-electron chi connectivity index (χ0n) is 17.1. The average molecular weight is 403 g/mol. The van der Waals surface area contributed by atoms with Crippen LogP contribution < -0.4 is 22.1 Å². The van der Waals surface area contributed by atoms with Gasteiger partial charge >= 0.3 is 5.91 Å². The lowest BCUT2D eigenvalue weighted by Crippen LogP contribution is -2.53. The summed E-state index contributed by atoms with van der Waals surface area (Å²) in [6.07, 6.45) is 5.38. The number of nitrogen functional groups attached to an aromatic ring is 2. The van der Waals surface area contributed by atoms with Gasteiger partial charge in [-0.25, -0.2) is 9.97 Å². The molecule has 158 valence electrons. The summed E-state index contributed by atoms with van der Waals surface area (Å²) in [5.41, 5.74) is 11.6. The molecule has 2 aliphatic rings. The Morgan fingerprint density at radius 3 is 2.59 bits per heavy atom. The van der Waals surface area contributed by atoms with E-state index in [1.807, 2.05) is 4.90 Å². The van der Waals surface area contributed by atoms with Crippen molar-refractivity contribution < 1.29 is 9.59 Å². The van der Waals surface area contributed by atoms with Crippen molar-refractivity contribution in [3.63, 3.8) is 0 Å². The minimum absolute atomic E-state index is 0.0127. The number of likely N-dealkylation sites (tertiary alicyclic amines) is 1. The number of hydrogen-bond acceptors (Lipinski definition) is 6. The molecular weight excluding hydrogens is 372 g/mol. The van der Waals surface area contributed by atoms with Crippen LogP contribution in [-0.2, 0) is 4.79 Å². The molecule has 2 aliphatic heterocycles. The largest absolute Gasteiger partial charge is 0.382 e. The first kappa shape index (κ1) is 20.8. The van der Waals surface area contributed by atoms with Crippen molar-refractivity contribution in [3.05, 3.63) is 11.4 Å². The van der Waals surface area contributed by atoms with Crippen LogP contribution in [0.25, 0.3) is 0 Å². The minimum Gasteiger partial charge on any atom is -0.382 e. The quantitative estimate of drug-likeness (QED) is 0.522. The number of piperidine rings is 1. The van der Waals surface area contributed by atoms with Gasteiger partial charge in [0.1, 0.15) is 5.82 Å². The Balaban J connectivity index is 1.58. The number of anilines is 2. The number of nitrogens with two attached hydrogens (primary N) is 2. The molecule has 10 nitrogen and oxygen atoms in total. The number of aromatic nitrogens is 2. The van der Waals surface area contributed by atoms with E-state index < -0.39 is 5.91 Å². The van der Waals surface area contributed by atoms with Crippen LogP contribution in [-0.4, -0.2) is 57.8 Å². The molecule has 0 aromatic carbocycles. The highest BCUT2D eigenvalue weighted by Gasteiger charge is 2.40. The third kappa shape index (κ3) is 4.75. The highest BCUT2D eigenvalue weighted by molar-refractivity contribution is 6.04. The van der Waals surface area contributed by atoms with Gasteiger partial charge in [0.05, 0.1) is 11.2 Å². The first-order chi connectivity index (χ1) is 13.8. The van der Waals surface area contributed by atoms with E-state index in [1.54, 1.807) is 6.92 Å². The predicted molar refractivity (Wildman–Crippen MR) is 111 cm³/mol. The number of unbranched alkanes of at least 4 members (excludes halogenated alkanes) is 2. The molecule has 2 amide bonds. The molecule has 10 heteroatoms. The Kier molecular flexibility index (Phi) is 6.19. The molecule has 2 saturated heterocycles. The van der Waals surface area contributed by atoms with Crippen molar-refractivity contribution >= 4 is 29.4 Å². The number of rotatable bonds is 5. The zero-order valence-corrected chi connectivity index (χ0v) is 17.1. The maximum atomic E-state index is 12.5. The van der Waals surface area contributed by atoms with E-state index >= 15 is 0 Å². The summed E-state index contributed by atoms with van der Waals surface area (Å²) in [4.78, 5) is 38.9. The van der Waals surface area contributed by atoms with Crippen molar-refractivity contribution in [1.82, 2.24) is 25.5 Å². The monoisotopic (exact) mass is 402 g/mol. The molecule has 3 rings (SSSR count). The third-order valence-corrected chi connectivity index (χ3v) is 5.59. The molecule has 1 spiro atoms. The topological polar surface area (TPSA) is 152 Å². The van der Waals surface area contributed by atoms with E-state index in [-0.39, 0.29) is 28.8 Å². The van der Waals surface area contributed by atoms with Gasteiger partial charge in [0, 0.05) is 26.1 Å². The van der Waals surface area contributed by atoms with Crippen LogP contribution in [0.2, 0.25) is 0 Å². The van der Waals surface area contributed by atoms with Crippen LogP contribution in [0.1, 0.15) is 61.6 Å². The average Bonchev–Trinajstić information content (AvgIpc) is 3.07. The van der Waals surface area contributed by atoms with Crippen LogP contribution >= 0.6 is 0 Å². The van der Waals surface area contributed by atoms with Gasteiger partial charge in [0.15, 0.2) is 17.5 Å². The second-order valence-electron chi connectivity index (χ2n) is 7.79. The fourth-order valence-electron chi connectivity index (χ4n) is 3.69. The molecule has 0 radical (unpaired) electrons. The Hall–Kier alpha value is -2.91. The molecule has 29 heavy (non-hydrogen) atoms. The molecule has 0 atom stereocenters. The van der Waals surface area contributed by atoms with Gasteiger partial charge in [-0.15, -0.1) is 0 Å². The summed E-state index contributed by atoms with van der Waals surface area (Å²) < 4.78 is 0. The van der Waals surface area contributed by atoms with E-state index in [0.717, 1.165) is 32.1 Å². The summed E-state index contributed by atoms with van der Waals surface area (Å²) in [6, 6.07) is 0. The number of nitrogens with one attached hydrogen (secondary N) is 2. The number of carbonyl (C=O) groups excluding carboxylic acids is 2. The van der Waals surface area contributed by atoms with E-state index in [4.69, 9.17) is 11.5 Å². The lowest BCUT2D eigenvalue weighted by Gasteiger charge is -2.38. The van der Waals surface area contributed by atoms with Crippen LogP contribution in [0, 0.1) is 6.92 Å². The van der Waals surface area contributed by atoms with Gasteiger partial charge in [0.2, 0.25) is 5.91 Å². The maximum absolute atomic E-state index is 12.5. The fourth-order valence-corrected chi connectivity index (χ4v) is 3.69. The second-order valence-corrected chi connectivity index (χ2v) is 7.79. The summed E-state index contributed by atoms with van der Waals surface area (Å²) in [7, 11) is 0. The maximum Gasteiger partial charge on any atom is 0.302 e. The van der Waals surface area contributed by atoms with Crippen LogP contribution in [0.3, 0.4) is 0 Å². The summed E-state index contributed by atoms with van der Waals surface area (Å²) >= 11 is 0. The Labute approximate surface area is 170 Å². The van der Waals surface area contributed by atoms with Crippen LogP contribution in [0.5, 0.6) is 0 Å². The smallest absolute Gasteiger partial charge is 0.302 e.